The molecule has 2 aromatic heterocycles. The Morgan fingerprint density at radius 3 is 2.15 bits per heavy atom. The molecule has 3 aromatic rings. The molecule has 3 heterocycles. The fraction of sp³-hybridized carbons (Fsp3) is 0.235. The van der Waals surface area contributed by atoms with Gasteiger partial charge in [-0.25, -0.2) is 13.1 Å². The second-order valence-corrected chi connectivity index (χ2v) is 9.23. The van der Waals surface area contributed by atoms with E-state index >= 15 is 0 Å². The van der Waals surface area contributed by atoms with Gasteiger partial charge in [-0.1, -0.05) is 0 Å². The van der Waals surface area contributed by atoms with E-state index in [1.807, 2.05) is 23.1 Å². The summed E-state index contributed by atoms with van der Waals surface area (Å²) in [6.07, 6.45) is 3.49. The van der Waals surface area contributed by atoms with E-state index < -0.39 is 10.0 Å². The smallest absolute Gasteiger partial charge is 0.243 e. The zero-order chi connectivity index (χ0) is 18.9. The van der Waals surface area contributed by atoms with E-state index in [9.17, 15) is 8.42 Å². The van der Waals surface area contributed by atoms with E-state index in [0.29, 0.717) is 36.9 Å². The Morgan fingerprint density at radius 1 is 0.889 bits per heavy atom. The average molecular weight is 496 g/mol. The Kier molecular flexibility index (Phi) is 5.10. The molecule has 0 radical (unpaired) electrons. The molecule has 0 spiro atoms. The van der Waals surface area contributed by atoms with Crippen molar-refractivity contribution in [1.29, 1.82) is 0 Å². The van der Waals surface area contributed by atoms with Crippen molar-refractivity contribution in [2.24, 2.45) is 0 Å². The number of hydrogen-bond acceptors (Lipinski definition) is 6. The van der Waals surface area contributed by atoms with E-state index in [2.05, 4.69) is 37.9 Å². The number of anilines is 1. The molecule has 1 aromatic carbocycles. The predicted octanol–water partition coefficient (Wildman–Crippen LogP) is 1.78. The molecule has 0 saturated carbocycles. The quantitative estimate of drug-likeness (QED) is 0.513. The maximum atomic E-state index is 12.8. The van der Waals surface area contributed by atoms with Gasteiger partial charge in [-0.05, 0) is 65.1 Å². The largest absolute Gasteiger partial charge is 0.352 e. The highest BCUT2D eigenvalue weighted by Gasteiger charge is 2.29. The van der Waals surface area contributed by atoms with Gasteiger partial charge < -0.3 is 4.90 Å². The van der Waals surface area contributed by atoms with Crippen LogP contribution in [0.2, 0.25) is 0 Å². The standard InChI is InChI=1S/C17H17IN6O2S/c18-14-2-4-15(5-3-14)27(25,26)23-12-10-22(11-13-23)16-6-7-17(21-20-16)24-9-1-8-19-24/h1-9H,10-13H2. The summed E-state index contributed by atoms with van der Waals surface area (Å²) < 4.78 is 29.7. The molecule has 0 bridgehead atoms. The second-order valence-electron chi connectivity index (χ2n) is 6.05. The average Bonchev–Trinajstić information content (AvgIpc) is 3.23. The third-order valence-electron chi connectivity index (χ3n) is 4.39. The van der Waals surface area contributed by atoms with Crippen LogP contribution >= 0.6 is 22.6 Å². The van der Waals surface area contributed by atoms with Gasteiger partial charge >= 0.3 is 0 Å². The topological polar surface area (TPSA) is 84.2 Å². The Balaban J connectivity index is 1.43. The number of nitrogens with zero attached hydrogens (tertiary/aromatic N) is 6. The molecule has 8 nitrogen and oxygen atoms in total. The minimum atomic E-state index is -3.47. The fourth-order valence-electron chi connectivity index (χ4n) is 2.93. The first-order valence-electron chi connectivity index (χ1n) is 8.38. The molecule has 27 heavy (non-hydrogen) atoms. The van der Waals surface area contributed by atoms with Crippen molar-refractivity contribution >= 4 is 38.4 Å². The van der Waals surface area contributed by atoms with Crippen LogP contribution in [0.4, 0.5) is 5.82 Å². The lowest BCUT2D eigenvalue weighted by atomic mass is 10.3. The molecular formula is C17H17IN6O2S. The lowest BCUT2D eigenvalue weighted by Crippen LogP contribution is -2.49. The number of aromatic nitrogens is 4. The Morgan fingerprint density at radius 2 is 1.56 bits per heavy atom. The minimum absolute atomic E-state index is 0.333. The van der Waals surface area contributed by atoms with Crippen molar-refractivity contribution < 1.29 is 8.42 Å². The lowest BCUT2D eigenvalue weighted by molar-refractivity contribution is 0.383. The van der Waals surface area contributed by atoms with Crippen LogP contribution < -0.4 is 4.90 Å². The first kappa shape index (κ1) is 18.3. The molecule has 140 valence electrons. The van der Waals surface area contributed by atoms with Gasteiger partial charge in [0.25, 0.3) is 0 Å². The van der Waals surface area contributed by atoms with E-state index in [0.717, 1.165) is 9.39 Å². The van der Waals surface area contributed by atoms with E-state index in [4.69, 9.17) is 0 Å². The van der Waals surface area contributed by atoms with Crippen molar-refractivity contribution in [3.8, 4) is 5.82 Å². The van der Waals surface area contributed by atoms with Crippen molar-refractivity contribution in [3.05, 3.63) is 58.4 Å². The van der Waals surface area contributed by atoms with Gasteiger partial charge in [0.15, 0.2) is 11.6 Å². The molecule has 1 fully saturated rings. The first-order chi connectivity index (χ1) is 13.0. The van der Waals surface area contributed by atoms with E-state index in [-0.39, 0.29) is 0 Å². The molecule has 10 heteroatoms. The summed E-state index contributed by atoms with van der Waals surface area (Å²) >= 11 is 2.16. The lowest BCUT2D eigenvalue weighted by Gasteiger charge is -2.34. The molecule has 0 atom stereocenters. The molecule has 1 saturated heterocycles. The summed E-state index contributed by atoms with van der Waals surface area (Å²) in [6.45, 7) is 1.96. The number of piperazine rings is 1. The van der Waals surface area contributed by atoms with Crippen LogP contribution in [0.3, 0.4) is 0 Å². The minimum Gasteiger partial charge on any atom is -0.352 e. The van der Waals surface area contributed by atoms with Gasteiger partial charge in [-0.3, -0.25) is 0 Å². The number of sulfonamides is 1. The molecule has 1 aliphatic heterocycles. The van der Waals surface area contributed by atoms with Crippen molar-refractivity contribution in [2.75, 3.05) is 31.1 Å². The van der Waals surface area contributed by atoms with Crippen molar-refractivity contribution in [3.63, 3.8) is 0 Å². The second kappa shape index (κ2) is 7.52. The number of halogens is 1. The van der Waals surface area contributed by atoms with Crippen LogP contribution in [0.25, 0.3) is 5.82 Å². The third kappa shape index (κ3) is 3.82. The van der Waals surface area contributed by atoms with Crippen LogP contribution in [0.15, 0.2) is 59.8 Å². The molecule has 4 rings (SSSR count). The van der Waals surface area contributed by atoms with Gasteiger partial charge in [0, 0.05) is 42.1 Å². The summed E-state index contributed by atoms with van der Waals surface area (Å²) in [5.74, 6) is 1.38. The predicted molar refractivity (Wildman–Crippen MR) is 109 cm³/mol. The van der Waals surface area contributed by atoms with Crippen LogP contribution in [0, 0.1) is 3.57 Å². The van der Waals surface area contributed by atoms with Crippen molar-refractivity contribution in [2.45, 2.75) is 4.90 Å². The Bertz CT molecular complexity index is 999. The summed E-state index contributed by atoms with van der Waals surface area (Å²) in [7, 11) is -3.47. The molecule has 0 amide bonds. The fourth-order valence-corrected chi connectivity index (χ4v) is 4.71. The Labute approximate surface area is 171 Å². The summed E-state index contributed by atoms with van der Waals surface area (Å²) in [4.78, 5) is 2.37. The maximum Gasteiger partial charge on any atom is 0.243 e. The zero-order valence-electron chi connectivity index (χ0n) is 14.3. The SMILES string of the molecule is O=S(=O)(c1ccc(I)cc1)N1CCN(c2ccc(-n3cccn3)nn2)CC1. The Hall–Kier alpha value is -2.05. The van der Waals surface area contributed by atoms with Gasteiger partial charge in [-0.2, -0.15) is 9.40 Å². The molecule has 1 aliphatic rings. The highest BCUT2D eigenvalue weighted by molar-refractivity contribution is 14.1. The summed E-state index contributed by atoms with van der Waals surface area (Å²) in [5.41, 5.74) is 0. The van der Waals surface area contributed by atoms with Gasteiger partial charge in [-0.15, -0.1) is 10.2 Å². The zero-order valence-corrected chi connectivity index (χ0v) is 17.3. The first-order valence-corrected chi connectivity index (χ1v) is 10.9. The van der Waals surface area contributed by atoms with Gasteiger partial charge in [0.1, 0.15) is 0 Å². The van der Waals surface area contributed by atoms with Crippen LogP contribution in [0.1, 0.15) is 0 Å². The monoisotopic (exact) mass is 496 g/mol. The van der Waals surface area contributed by atoms with Crippen LogP contribution in [0.5, 0.6) is 0 Å². The van der Waals surface area contributed by atoms with Gasteiger partial charge in [0.05, 0.1) is 4.90 Å². The van der Waals surface area contributed by atoms with Crippen molar-refractivity contribution in [1.82, 2.24) is 24.3 Å². The van der Waals surface area contributed by atoms with E-state index in [1.54, 1.807) is 41.3 Å². The summed E-state index contributed by atoms with van der Waals surface area (Å²) in [5, 5.41) is 12.6. The molecule has 0 unspecified atom stereocenters. The molecular weight excluding hydrogens is 479 g/mol. The molecule has 0 aliphatic carbocycles. The normalized spacial score (nSPS) is 15.8. The number of hydrogen-bond donors (Lipinski definition) is 0. The third-order valence-corrected chi connectivity index (χ3v) is 7.02. The highest BCUT2D eigenvalue weighted by Crippen LogP contribution is 2.21. The number of benzene rings is 1. The molecule has 0 N–H and O–H groups in total. The number of rotatable bonds is 4. The van der Waals surface area contributed by atoms with E-state index in [1.165, 1.54) is 4.31 Å². The van der Waals surface area contributed by atoms with Crippen LogP contribution in [-0.2, 0) is 10.0 Å². The highest BCUT2D eigenvalue weighted by atomic mass is 127. The van der Waals surface area contributed by atoms with Gasteiger partial charge in [0.2, 0.25) is 10.0 Å². The van der Waals surface area contributed by atoms with Crippen LogP contribution in [-0.4, -0.2) is 58.9 Å². The maximum absolute atomic E-state index is 12.8. The summed E-state index contributed by atoms with van der Waals surface area (Å²) in [6, 6.07) is 12.5.